The fourth-order valence-corrected chi connectivity index (χ4v) is 2.10. The fourth-order valence-electron chi connectivity index (χ4n) is 1.85. The maximum atomic E-state index is 8.77. The smallest absolute Gasteiger partial charge is 0.399 e. The van der Waals surface area contributed by atoms with Crippen molar-refractivity contribution >= 4 is 24.2 Å². The summed E-state index contributed by atoms with van der Waals surface area (Å²) in [5, 5.41) is 9.26. The van der Waals surface area contributed by atoms with E-state index < -0.39 is 18.3 Å². The van der Waals surface area contributed by atoms with E-state index in [0.717, 1.165) is 0 Å². The van der Waals surface area contributed by atoms with Gasteiger partial charge in [-0.2, -0.15) is 5.26 Å². The molecule has 0 unspecified atom stereocenters. The van der Waals surface area contributed by atoms with Gasteiger partial charge in [-0.1, -0.05) is 11.6 Å². The van der Waals surface area contributed by atoms with Gasteiger partial charge in [0.15, 0.2) is 0 Å². The highest BCUT2D eigenvalue weighted by Crippen LogP contribution is 2.37. The predicted molar refractivity (Wildman–Crippen MR) is 74.3 cm³/mol. The normalized spacial score (nSPS) is 20.3. The lowest BCUT2D eigenvalue weighted by Crippen LogP contribution is -2.41. The monoisotopic (exact) mass is 278 g/mol. The molecule has 0 aliphatic carbocycles. The van der Waals surface area contributed by atoms with E-state index in [1.165, 1.54) is 0 Å². The summed E-state index contributed by atoms with van der Waals surface area (Å²) in [6, 6.07) is 2.07. The first kappa shape index (κ1) is 14.3. The van der Waals surface area contributed by atoms with E-state index in [2.05, 4.69) is 11.1 Å². The first-order valence-corrected chi connectivity index (χ1v) is 6.51. The molecule has 0 saturated carbocycles. The lowest BCUT2D eigenvalue weighted by molar-refractivity contribution is 0.00578. The SMILES string of the molecule is CC1(C)OB(c2cncc(CC#N)c2Cl)OC1(C)C. The van der Waals surface area contributed by atoms with Crippen LogP contribution in [0.15, 0.2) is 12.4 Å². The minimum absolute atomic E-state index is 0.221. The molecule has 0 amide bonds. The molecule has 1 aliphatic rings. The Morgan fingerprint density at radius 1 is 1.26 bits per heavy atom. The maximum absolute atomic E-state index is 8.77. The number of rotatable bonds is 2. The van der Waals surface area contributed by atoms with Crippen LogP contribution in [-0.2, 0) is 15.7 Å². The number of aromatic nitrogens is 1. The highest BCUT2D eigenvalue weighted by atomic mass is 35.5. The first-order chi connectivity index (χ1) is 8.78. The third kappa shape index (κ3) is 2.48. The van der Waals surface area contributed by atoms with Gasteiger partial charge in [-0.25, -0.2) is 0 Å². The minimum Gasteiger partial charge on any atom is -0.399 e. The number of nitriles is 1. The third-order valence-electron chi connectivity index (χ3n) is 3.76. The second-order valence-electron chi connectivity index (χ2n) is 5.62. The zero-order valence-electron chi connectivity index (χ0n) is 11.5. The molecule has 19 heavy (non-hydrogen) atoms. The Bertz CT molecular complexity index is 524. The van der Waals surface area contributed by atoms with Crippen molar-refractivity contribution in [2.45, 2.75) is 45.3 Å². The molecule has 0 atom stereocenters. The number of pyridine rings is 1. The van der Waals surface area contributed by atoms with Crippen molar-refractivity contribution in [1.82, 2.24) is 4.98 Å². The zero-order chi connectivity index (χ0) is 14.3. The van der Waals surface area contributed by atoms with Gasteiger partial charge in [-0.05, 0) is 27.7 Å². The molecule has 1 aromatic rings. The minimum atomic E-state index is -0.552. The molecule has 0 N–H and O–H groups in total. The Kier molecular flexibility index (Phi) is 3.61. The molecular weight excluding hydrogens is 262 g/mol. The second-order valence-corrected chi connectivity index (χ2v) is 6.00. The van der Waals surface area contributed by atoms with Crippen LogP contribution in [0, 0.1) is 11.3 Å². The average molecular weight is 279 g/mol. The van der Waals surface area contributed by atoms with Gasteiger partial charge in [-0.3, -0.25) is 4.98 Å². The van der Waals surface area contributed by atoms with Gasteiger partial charge in [-0.15, -0.1) is 0 Å². The summed E-state index contributed by atoms with van der Waals surface area (Å²) in [6.07, 6.45) is 3.45. The molecule has 0 aromatic carbocycles. The summed E-state index contributed by atoms with van der Waals surface area (Å²) < 4.78 is 11.9. The van der Waals surface area contributed by atoms with E-state index in [9.17, 15) is 0 Å². The summed E-state index contributed by atoms with van der Waals surface area (Å²) >= 11 is 6.30. The zero-order valence-corrected chi connectivity index (χ0v) is 12.3. The van der Waals surface area contributed by atoms with E-state index in [1.54, 1.807) is 12.4 Å². The molecule has 1 saturated heterocycles. The van der Waals surface area contributed by atoms with E-state index in [-0.39, 0.29) is 6.42 Å². The van der Waals surface area contributed by atoms with Crippen molar-refractivity contribution < 1.29 is 9.31 Å². The Balaban J connectivity index is 2.35. The standard InChI is InChI=1S/C13H16BClN2O2/c1-12(2)13(3,4)19-14(18-12)10-8-17-7-9(5-6-16)11(10)15/h7-8H,5H2,1-4H3. The number of hydrogen-bond acceptors (Lipinski definition) is 4. The molecule has 2 rings (SSSR count). The molecule has 0 bridgehead atoms. The van der Waals surface area contributed by atoms with Crippen LogP contribution in [0.3, 0.4) is 0 Å². The first-order valence-electron chi connectivity index (χ1n) is 6.13. The molecule has 1 aliphatic heterocycles. The van der Waals surface area contributed by atoms with E-state index in [1.807, 2.05) is 27.7 Å². The third-order valence-corrected chi connectivity index (χ3v) is 4.22. The highest BCUT2D eigenvalue weighted by Gasteiger charge is 2.52. The quantitative estimate of drug-likeness (QED) is 0.778. The molecular formula is C13H16BClN2O2. The van der Waals surface area contributed by atoms with Crippen molar-refractivity contribution in [3.05, 3.63) is 23.0 Å². The van der Waals surface area contributed by atoms with Crippen LogP contribution in [0.2, 0.25) is 5.02 Å². The van der Waals surface area contributed by atoms with Gasteiger partial charge < -0.3 is 9.31 Å². The van der Waals surface area contributed by atoms with Crippen LogP contribution in [-0.4, -0.2) is 23.3 Å². The summed E-state index contributed by atoms with van der Waals surface area (Å²) in [5.74, 6) is 0. The Morgan fingerprint density at radius 3 is 2.37 bits per heavy atom. The van der Waals surface area contributed by atoms with Crippen molar-refractivity contribution in [2.75, 3.05) is 0 Å². The Hall–Kier alpha value is -1.09. The van der Waals surface area contributed by atoms with Gasteiger partial charge in [0.25, 0.3) is 0 Å². The van der Waals surface area contributed by atoms with Crippen LogP contribution in [0.1, 0.15) is 33.3 Å². The Morgan fingerprint density at radius 2 is 1.84 bits per heavy atom. The van der Waals surface area contributed by atoms with Gasteiger partial charge >= 0.3 is 7.12 Å². The maximum Gasteiger partial charge on any atom is 0.497 e. The molecule has 0 radical (unpaired) electrons. The number of halogens is 1. The average Bonchev–Trinajstić information content (AvgIpc) is 2.51. The summed E-state index contributed by atoms with van der Waals surface area (Å²) in [5.41, 5.74) is 0.516. The lowest BCUT2D eigenvalue weighted by Gasteiger charge is -2.32. The van der Waals surface area contributed by atoms with Gasteiger partial charge in [0.05, 0.1) is 23.7 Å². The lowest BCUT2D eigenvalue weighted by atomic mass is 9.79. The van der Waals surface area contributed by atoms with Crippen molar-refractivity contribution in [3.8, 4) is 6.07 Å². The van der Waals surface area contributed by atoms with E-state index >= 15 is 0 Å². The van der Waals surface area contributed by atoms with Gasteiger partial charge in [0.2, 0.25) is 0 Å². The Labute approximate surface area is 118 Å². The van der Waals surface area contributed by atoms with E-state index in [0.29, 0.717) is 16.0 Å². The van der Waals surface area contributed by atoms with Crippen LogP contribution in [0.4, 0.5) is 0 Å². The fraction of sp³-hybridized carbons (Fsp3) is 0.538. The van der Waals surface area contributed by atoms with Crippen molar-refractivity contribution in [1.29, 1.82) is 5.26 Å². The predicted octanol–water partition coefficient (Wildman–Crippen LogP) is 2.10. The largest absolute Gasteiger partial charge is 0.497 e. The van der Waals surface area contributed by atoms with Crippen LogP contribution in [0.25, 0.3) is 0 Å². The van der Waals surface area contributed by atoms with Gasteiger partial charge in [0, 0.05) is 28.4 Å². The molecule has 6 heteroatoms. The summed E-state index contributed by atoms with van der Waals surface area (Å²) in [7, 11) is -0.552. The summed E-state index contributed by atoms with van der Waals surface area (Å²) in [6.45, 7) is 7.92. The van der Waals surface area contributed by atoms with E-state index in [4.69, 9.17) is 26.2 Å². The van der Waals surface area contributed by atoms with Crippen LogP contribution < -0.4 is 5.46 Å². The summed E-state index contributed by atoms with van der Waals surface area (Å²) in [4.78, 5) is 4.11. The highest BCUT2D eigenvalue weighted by molar-refractivity contribution is 6.65. The molecule has 1 aromatic heterocycles. The van der Waals surface area contributed by atoms with Gasteiger partial charge in [0.1, 0.15) is 0 Å². The number of hydrogen-bond donors (Lipinski definition) is 0. The van der Waals surface area contributed by atoms with Crippen molar-refractivity contribution in [3.63, 3.8) is 0 Å². The van der Waals surface area contributed by atoms with Crippen LogP contribution >= 0.6 is 11.6 Å². The molecule has 2 heterocycles. The van der Waals surface area contributed by atoms with Crippen LogP contribution in [0.5, 0.6) is 0 Å². The second kappa shape index (κ2) is 4.79. The van der Waals surface area contributed by atoms with Crippen molar-refractivity contribution in [2.24, 2.45) is 0 Å². The number of nitrogens with zero attached hydrogens (tertiary/aromatic N) is 2. The molecule has 1 fully saturated rings. The molecule has 100 valence electrons. The topological polar surface area (TPSA) is 55.1 Å². The molecule has 4 nitrogen and oxygen atoms in total. The molecule has 0 spiro atoms.